The third-order valence-corrected chi connectivity index (χ3v) is 4.65. The van der Waals surface area contributed by atoms with Gasteiger partial charge in [0.2, 0.25) is 11.8 Å². The van der Waals surface area contributed by atoms with Gasteiger partial charge in [-0.05, 0) is 20.3 Å². The highest BCUT2D eigenvalue weighted by atomic mass is 16.6. The predicted molar refractivity (Wildman–Crippen MR) is 142 cm³/mol. The molecule has 0 aromatic heterocycles. The van der Waals surface area contributed by atoms with Crippen molar-refractivity contribution in [1.29, 1.82) is 0 Å². The van der Waals surface area contributed by atoms with Gasteiger partial charge in [0.1, 0.15) is 6.61 Å². The maximum atomic E-state index is 11.8. The Balaban J connectivity index is 3.27. The number of hydrogen-bond acceptors (Lipinski definition) is 10. The molecule has 0 radical (unpaired) electrons. The first-order chi connectivity index (χ1) is 18.6. The van der Waals surface area contributed by atoms with E-state index in [9.17, 15) is 9.59 Å². The van der Waals surface area contributed by atoms with E-state index in [0.717, 1.165) is 19.4 Å². The minimum atomic E-state index is -0.222. The van der Waals surface area contributed by atoms with Crippen LogP contribution in [0.15, 0.2) is 0 Å². The Bertz CT molecular complexity index is 526. The van der Waals surface area contributed by atoms with Crippen molar-refractivity contribution in [1.82, 2.24) is 10.6 Å². The standard InChI is InChI=1S/C26H52N2O10/c1-4-5-9-31-13-15-35-19-20-37-23-26(30)28-8-11-32-10-6-25(29)27-7-12-33-14-16-34-17-18-36-21-22-38-24(2)3/h24H,4-23H2,1-3H3,(H,27,29)(H,28,30). The molecule has 2 N–H and O–H groups in total. The molecule has 0 saturated heterocycles. The molecule has 2 amide bonds. The van der Waals surface area contributed by atoms with Crippen LogP contribution >= 0.6 is 0 Å². The van der Waals surface area contributed by atoms with Crippen molar-refractivity contribution < 1.29 is 47.5 Å². The lowest BCUT2D eigenvalue weighted by Gasteiger charge is -2.09. The Morgan fingerprint density at radius 1 is 0.553 bits per heavy atom. The average molecular weight is 553 g/mol. The summed E-state index contributed by atoms with van der Waals surface area (Å²) >= 11 is 0. The van der Waals surface area contributed by atoms with E-state index in [2.05, 4.69) is 17.6 Å². The van der Waals surface area contributed by atoms with Crippen molar-refractivity contribution in [3.63, 3.8) is 0 Å². The molecule has 226 valence electrons. The summed E-state index contributed by atoms with van der Waals surface area (Å²) in [5, 5.41) is 5.46. The second-order valence-electron chi connectivity index (χ2n) is 8.45. The minimum Gasteiger partial charge on any atom is -0.379 e. The molecule has 0 unspecified atom stereocenters. The van der Waals surface area contributed by atoms with Crippen LogP contribution in [0.25, 0.3) is 0 Å². The van der Waals surface area contributed by atoms with Gasteiger partial charge in [-0.2, -0.15) is 0 Å². The molecule has 0 atom stereocenters. The molecule has 0 rings (SSSR count). The SMILES string of the molecule is CCCCOCCOCCOCC(=O)NCCOCCC(=O)NCCOCCOCCOCCOC(C)C. The van der Waals surface area contributed by atoms with Crippen LogP contribution in [-0.2, 0) is 47.5 Å². The van der Waals surface area contributed by atoms with E-state index >= 15 is 0 Å². The first-order valence-corrected chi connectivity index (χ1v) is 13.8. The van der Waals surface area contributed by atoms with Crippen LogP contribution in [0.1, 0.15) is 40.0 Å². The molecule has 12 nitrogen and oxygen atoms in total. The van der Waals surface area contributed by atoms with Crippen LogP contribution in [0.5, 0.6) is 0 Å². The first-order valence-electron chi connectivity index (χ1n) is 13.8. The molecule has 0 fully saturated rings. The van der Waals surface area contributed by atoms with E-state index < -0.39 is 0 Å². The zero-order valence-electron chi connectivity index (χ0n) is 23.8. The van der Waals surface area contributed by atoms with Crippen LogP contribution in [-0.4, -0.2) is 130 Å². The van der Waals surface area contributed by atoms with Gasteiger partial charge in [-0.1, -0.05) is 13.3 Å². The number of ether oxygens (including phenoxy) is 8. The van der Waals surface area contributed by atoms with Crippen molar-refractivity contribution in [2.24, 2.45) is 0 Å². The maximum absolute atomic E-state index is 11.8. The fourth-order valence-corrected chi connectivity index (χ4v) is 2.67. The second kappa shape index (κ2) is 30.2. The smallest absolute Gasteiger partial charge is 0.246 e. The van der Waals surface area contributed by atoms with E-state index in [1.807, 2.05) is 13.8 Å². The third kappa shape index (κ3) is 30.8. The summed E-state index contributed by atoms with van der Waals surface area (Å²) in [7, 11) is 0. The van der Waals surface area contributed by atoms with E-state index in [-0.39, 0.29) is 37.6 Å². The summed E-state index contributed by atoms with van der Waals surface area (Å²) in [6.07, 6.45) is 2.62. The molecular weight excluding hydrogens is 500 g/mol. The van der Waals surface area contributed by atoms with E-state index in [1.165, 1.54) is 0 Å². The van der Waals surface area contributed by atoms with Crippen LogP contribution in [0, 0.1) is 0 Å². The number of carbonyl (C=O) groups excluding carboxylic acids is 2. The van der Waals surface area contributed by atoms with Crippen molar-refractivity contribution in [3.8, 4) is 0 Å². The Morgan fingerprint density at radius 2 is 1.00 bits per heavy atom. The highest BCUT2D eigenvalue weighted by Crippen LogP contribution is 1.89. The van der Waals surface area contributed by atoms with E-state index in [1.54, 1.807) is 0 Å². The summed E-state index contributed by atoms with van der Waals surface area (Å²) < 4.78 is 42.9. The van der Waals surface area contributed by atoms with E-state index in [4.69, 9.17) is 37.9 Å². The molecule has 0 aromatic carbocycles. The third-order valence-electron chi connectivity index (χ3n) is 4.65. The average Bonchev–Trinajstić information content (AvgIpc) is 2.89. The monoisotopic (exact) mass is 552 g/mol. The lowest BCUT2D eigenvalue weighted by atomic mass is 10.4. The lowest BCUT2D eigenvalue weighted by molar-refractivity contribution is -0.127. The largest absolute Gasteiger partial charge is 0.379 e. The minimum absolute atomic E-state index is 0.0320. The molecule has 0 saturated carbocycles. The molecule has 0 aromatic rings. The van der Waals surface area contributed by atoms with Crippen LogP contribution in [0.4, 0.5) is 0 Å². The number of carbonyl (C=O) groups is 2. The highest BCUT2D eigenvalue weighted by Gasteiger charge is 2.03. The molecule has 0 aliphatic carbocycles. The molecular formula is C26H52N2O10. The molecule has 0 aliphatic rings. The van der Waals surface area contributed by atoms with Crippen molar-refractivity contribution in [2.45, 2.75) is 46.1 Å². The fourth-order valence-electron chi connectivity index (χ4n) is 2.67. The topological polar surface area (TPSA) is 132 Å². The van der Waals surface area contributed by atoms with E-state index in [0.29, 0.717) is 92.4 Å². The van der Waals surface area contributed by atoms with Crippen molar-refractivity contribution in [3.05, 3.63) is 0 Å². The van der Waals surface area contributed by atoms with Crippen LogP contribution in [0.2, 0.25) is 0 Å². The Morgan fingerprint density at radius 3 is 1.55 bits per heavy atom. The summed E-state index contributed by atoms with van der Waals surface area (Å²) in [6, 6.07) is 0. The van der Waals surface area contributed by atoms with Gasteiger partial charge in [-0.3, -0.25) is 9.59 Å². The highest BCUT2D eigenvalue weighted by molar-refractivity contribution is 5.77. The van der Waals surface area contributed by atoms with Gasteiger partial charge in [0.05, 0.1) is 92.0 Å². The van der Waals surface area contributed by atoms with Crippen LogP contribution in [0.3, 0.4) is 0 Å². The molecule has 0 heterocycles. The Labute approximate surface area is 228 Å². The van der Waals surface area contributed by atoms with Gasteiger partial charge in [-0.25, -0.2) is 0 Å². The van der Waals surface area contributed by atoms with Gasteiger partial charge >= 0.3 is 0 Å². The second-order valence-corrected chi connectivity index (χ2v) is 8.45. The normalized spacial score (nSPS) is 11.3. The van der Waals surface area contributed by atoms with Crippen molar-refractivity contribution in [2.75, 3.05) is 112 Å². The molecule has 0 spiro atoms. The van der Waals surface area contributed by atoms with Crippen molar-refractivity contribution >= 4 is 11.8 Å². The number of hydrogen-bond donors (Lipinski definition) is 2. The molecule has 12 heteroatoms. The maximum Gasteiger partial charge on any atom is 0.246 e. The molecule has 0 bridgehead atoms. The first kappa shape index (κ1) is 36.6. The summed E-state index contributed by atoms with van der Waals surface area (Å²) in [5.74, 6) is -0.337. The number of unbranched alkanes of at least 4 members (excludes halogenated alkanes) is 1. The zero-order chi connectivity index (χ0) is 27.9. The molecule has 38 heavy (non-hydrogen) atoms. The van der Waals surface area contributed by atoms with Gasteiger partial charge in [0.25, 0.3) is 0 Å². The van der Waals surface area contributed by atoms with Gasteiger partial charge in [0, 0.05) is 26.1 Å². The lowest BCUT2D eigenvalue weighted by Crippen LogP contribution is -2.32. The zero-order valence-corrected chi connectivity index (χ0v) is 23.8. The summed E-state index contributed by atoms with van der Waals surface area (Å²) in [4.78, 5) is 23.5. The Hall–Kier alpha value is -1.38. The molecule has 0 aliphatic heterocycles. The predicted octanol–water partition coefficient (Wildman–Crippen LogP) is 0.950. The van der Waals surface area contributed by atoms with Gasteiger partial charge in [-0.15, -0.1) is 0 Å². The van der Waals surface area contributed by atoms with Gasteiger partial charge in [0.15, 0.2) is 0 Å². The summed E-state index contributed by atoms with van der Waals surface area (Å²) in [6.45, 7) is 13.5. The number of nitrogens with one attached hydrogen (secondary N) is 2. The Kier molecular flexibility index (Phi) is 29.1. The van der Waals surface area contributed by atoms with Crippen LogP contribution < -0.4 is 10.6 Å². The van der Waals surface area contributed by atoms with Gasteiger partial charge < -0.3 is 48.5 Å². The number of amides is 2. The quantitative estimate of drug-likeness (QED) is 0.124. The fraction of sp³-hybridized carbons (Fsp3) is 0.923. The summed E-state index contributed by atoms with van der Waals surface area (Å²) in [5.41, 5.74) is 0. The number of rotatable bonds is 30.